The molecule has 8 heteroatoms. The lowest BCUT2D eigenvalue weighted by Gasteiger charge is -2.38. The number of morpholine rings is 1. The number of anilines is 1. The SMILES string of the molecule is CC1CN(c2ncccc2C(=O)O)CC(CC(F)(F)F)O1. The number of aromatic nitrogens is 1. The van der Waals surface area contributed by atoms with Crippen molar-refractivity contribution in [2.24, 2.45) is 0 Å². The summed E-state index contributed by atoms with van der Waals surface area (Å²) in [5.74, 6) is -0.989. The van der Waals surface area contributed by atoms with Gasteiger partial charge in [-0.25, -0.2) is 9.78 Å². The van der Waals surface area contributed by atoms with Gasteiger partial charge in [0.25, 0.3) is 0 Å². The van der Waals surface area contributed by atoms with Crippen molar-refractivity contribution in [2.75, 3.05) is 18.0 Å². The van der Waals surface area contributed by atoms with Gasteiger partial charge in [-0.2, -0.15) is 13.2 Å². The molecular weight excluding hydrogens is 289 g/mol. The van der Waals surface area contributed by atoms with Gasteiger partial charge in [-0.1, -0.05) is 0 Å². The molecule has 21 heavy (non-hydrogen) atoms. The molecule has 2 rings (SSSR count). The molecule has 1 aromatic rings. The lowest BCUT2D eigenvalue weighted by atomic mass is 10.1. The van der Waals surface area contributed by atoms with Crippen molar-refractivity contribution in [3.63, 3.8) is 0 Å². The molecule has 2 atom stereocenters. The first-order valence-electron chi connectivity index (χ1n) is 6.41. The van der Waals surface area contributed by atoms with Crippen LogP contribution in [0, 0.1) is 0 Å². The Bertz CT molecular complexity index is 522. The van der Waals surface area contributed by atoms with E-state index < -0.39 is 30.8 Å². The van der Waals surface area contributed by atoms with Crippen LogP contribution in [-0.4, -0.2) is 47.5 Å². The number of ether oxygens (including phenoxy) is 1. The molecule has 1 fully saturated rings. The van der Waals surface area contributed by atoms with Crippen molar-refractivity contribution in [2.45, 2.75) is 31.7 Å². The summed E-state index contributed by atoms with van der Waals surface area (Å²) < 4.78 is 42.8. The third-order valence-electron chi connectivity index (χ3n) is 3.10. The molecule has 0 aliphatic carbocycles. The largest absolute Gasteiger partial charge is 0.478 e. The summed E-state index contributed by atoms with van der Waals surface area (Å²) in [5, 5.41) is 9.14. The Labute approximate surface area is 119 Å². The van der Waals surface area contributed by atoms with Crippen LogP contribution < -0.4 is 4.90 Å². The van der Waals surface area contributed by atoms with Gasteiger partial charge in [-0.15, -0.1) is 0 Å². The van der Waals surface area contributed by atoms with Crippen LogP contribution >= 0.6 is 0 Å². The molecule has 1 saturated heterocycles. The molecular formula is C13H15F3N2O3. The first-order chi connectivity index (χ1) is 9.76. The number of alkyl halides is 3. The van der Waals surface area contributed by atoms with E-state index in [9.17, 15) is 18.0 Å². The fourth-order valence-electron chi connectivity index (χ4n) is 2.40. The first kappa shape index (κ1) is 15.6. The van der Waals surface area contributed by atoms with Crippen molar-refractivity contribution in [1.29, 1.82) is 0 Å². The highest BCUT2D eigenvalue weighted by Gasteiger charge is 2.37. The van der Waals surface area contributed by atoms with Gasteiger partial charge < -0.3 is 14.7 Å². The van der Waals surface area contributed by atoms with E-state index in [2.05, 4.69) is 4.98 Å². The molecule has 0 spiro atoms. The number of carbonyl (C=O) groups is 1. The minimum absolute atomic E-state index is 0.0302. The Balaban J connectivity index is 2.21. The highest BCUT2D eigenvalue weighted by Crippen LogP contribution is 2.28. The number of halogens is 3. The molecule has 0 amide bonds. The zero-order valence-corrected chi connectivity index (χ0v) is 11.3. The van der Waals surface area contributed by atoms with Crippen molar-refractivity contribution in [3.8, 4) is 0 Å². The number of pyridine rings is 1. The van der Waals surface area contributed by atoms with E-state index in [0.717, 1.165) is 0 Å². The van der Waals surface area contributed by atoms with E-state index in [4.69, 9.17) is 9.84 Å². The topological polar surface area (TPSA) is 62.7 Å². The normalized spacial score (nSPS) is 23.1. The van der Waals surface area contributed by atoms with Crippen LogP contribution in [0.5, 0.6) is 0 Å². The number of hydrogen-bond acceptors (Lipinski definition) is 4. The van der Waals surface area contributed by atoms with Gasteiger partial charge in [-0.3, -0.25) is 0 Å². The van der Waals surface area contributed by atoms with E-state index in [0.29, 0.717) is 6.54 Å². The Kier molecular flexibility index (Phi) is 4.36. The third-order valence-corrected chi connectivity index (χ3v) is 3.10. The van der Waals surface area contributed by atoms with Crippen LogP contribution in [0.3, 0.4) is 0 Å². The van der Waals surface area contributed by atoms with Crippen LogP contribution in [-0.2, 0) is 4.74 Å². The summed E-state index contributed by atoms with van der Waals surface area (Å²) in [4.78, 5) is 16.7. The Hall–Kier alpha value is -1.83. The molecule has 0 saturated carbocycles. The maximum absolute atomic E-state index is 12.5. The molecule has 0 aromatic carbocycles. The molecule has 1 aliphatic rings. The number of carboxylic acid groups (broad SMARTS) is 1. The van der Waals surface area contributed by atoms with Crippen molar-refractivity contribution in [1.82, 2.24) is 4.98 Å². The summed E-state index contributed by atoms with van der Waals surface area (Å²) in [6.45, 7) is 1.91. The van der Waals surface area contributed by atoms with Crippen molar-refractivity contribution < 1.29 is 27.8 Å². The van der Waals surface area contributed by atoms with Gasteiger partial charge in [0.05, 0.1) is 18.6 Å². The first-order valence-corrected chi connectivity index (χ1v) is 6.41. The van der Waals surface area contributed by atoms with Crippen molar-refractivity contribution >= 4 is 11.8 Å². The molecule has 5 nitrogen and oxygen atoms in total. The van der Waals surface area contributed by atoms with Crippen LogP contribution in [0.15, 0.2) is 18.3 Å². The van der Waals surface area contributed by atoms with Gasteiger partial charge in [0.1, 0.15) is 11.4 Å². The van der Waals surface area contributed by atoms with Gasteiger partial charge >= 0.3 is 12.1 Å². The number of hydrogen-bond donors (Lipinski definition) is 1. The van der Waals surface area contributed by atoms with Crippen LogP contribution in [0.4, 0.5) is 19.0 Å². The van der Waals surface area contributed by atoms with Gasteiger partial charge in [-0.05, 0) is 19.1 Å². The summed E-state index contributed by atoms with van der Waals surface area (Å²) in [6, 6.07) is 2.85. The number of aromatic carboxylic acids is 1. The summed E-state index contributed by atoms with van der Waals surface area (Å²) in [5.41, 5.74) is -0.0302. The second kappa shape index (κ2) is 5.88. The maximum Gasteiger partial charge on any atom is 0.391 e. The lowest BCUT2D eigenvalue weighted by Crippen LogP contribution is -2.48. The predicted octanol–water partition coefficient (Wildman–Crippen LogP) is 2.33. The summed E-state index contributed by atoms with van der Waals surface area (Å²) in [7, 11) is 0. The Morgan fingerprint density at radius 2 is 2.24 bits per heavy atom. The average Bonchev–Trinajstić information content (AvgIpc) is 2.35. The molecule has 1 N–H and O–H groups in total. The van der Waals surface area contributed by atoms with Crippen LogP contribution in [0.2, 0.25) is 0 Å². The predicted molar refractivity (Wildman–Crippen MR) is 68.4 cm³/mol. The molecule has 2 heterocycles. The highest BCUT2D eigenvalue weighted by molar-refractivity contribution is 5.93. The Morgan fingerprint density at radius 1 is 1.52 bits per heavy atom. The molecule has 2 unspecified atom stereocenters. The lowest BCUT2D eigenvalue weighted by molar-refractivity contribution is -0.168. The zero-order chi connectivity index (χ0) is 15.6. The second-order valence-electron chi connectivity index (χ2n) is 4.97. The second-order valence-corrected chi connectivity index (χ2v) is 4.97. The summed E-state index contributed by atoms with van der Waals surface area (Å²) in [6.07, 6.45) is -5.44. The van der Waals surface area contributed by atoms with Gasteiger partial charge in [0.15, 0.2) is 0 Å². The summed E-state index contributed by atoms with van der Waals surface area (Å²) >= 11 is 0. The van der Waals surface area contributed by atoms with E-state index >= 15 is 0 Å². The van der Waals surface area contributed by atoms with Gasteiger partial charge in [0, 0.05) is 19.3 Å². The smallest absolute Gasteiger partial charge is 0.391 e. The highest BCUT2D eigenvalue weighted by atomic mass is 19.4. The fourth-order valence-corrected chi connectivity index (χ4v) is 2.40. The number of rotatable bonds is 3. The van der Waals surface area contributed by atoms with E-state index in [-0.39, 0.29) is 17.9 Å². The Morgan fingerprint density at radius 3 is 2.86 bits per heavy atom. The van der Waals surface area contributed by atoms with E-state index in [1.807, 2.05) is 0 Å². The molecule has 1 aromatic heterocycles. The van der Waals surface area contributed by atoms with E-state index in [1.54, 1.807) is 6.92 Å². The fraction of sp³-hybridized carbons (Fsp3) is 0.538. The van der Waals surface area contributed by atoms with Crippen molar-refractivity contribution in [3.05, 3.63) is 23.9 Å². The maximum atomic E-state index is 12.5. The minimum Gasteiger partial charge on any atom is -0.478 e. The number of carboxylic acids is 1. The minimum atomic E-state index is -4.33. The zero-order valence-electron chi connectivity index (χ0n) is 11.3. The average molecular weight is 304 g/mol. The van der Waals surface area contributed by atoms with Crippen LogP contribution in [0.1, 0.15) is 23.7 Å². The quantitative estimate of drug-likeness (QED) is 0.928. The molecule has 116 valence electrons. The molecule has 0 radical (unpaired) electrons. The monoisotopic (exact) mass is 304 g/mol. The standard InChI is InChI=1S/C13H15F3N2O3/c1-8-6-18(7-9(21-8)5-13(14,15)16)11-10(12(19)20)3-2-4-17-11/h2-4,8-9H,5-7H2,1H3,(H,19,20). The molecule has 1 aliphatic heterocycles. The number of nitrogens with zero attached hydrogens (tertiary/aromatic N) is 2. The van der Waals surface area contributed by atoms with Gasteiger partial charge in [0.2, 0.25) is 0 Å². The molecule has 0 bridgehead atoms. The van der Waals surface area contributed by atoms with E-state index in [1.165, 1.54) is 23.2 Å². The van der Waals surface area contributed by atoms with Crippen LogP contribution in [0.25, 0.3) is 0 Å². The third kappa shape index (κ3) is 4.07.